The van der Waals surface area contributed by atoms with Crippen LogP contribution in [0.3, 0.4) is 0 Å². The molecule has 0 radical (unpaired) electrons. The molecule has 0 spiro atoms. The van der Waals surface area contributed by atoms with Gasteiger partial charge in [0, 0.05) is 0 Å². The third-order valence-corrected chi connectivity index (χ3v) is 10.9. The number of aliphatic hydroxyl groups excluding tert-OH is 1. The Hall–Kier alpha value is -0.0100. The van der Waals surface area contributed by atoms with Crippen LogP contribution in [0.2, 0.25) is 0 Å². The van der Waals surface area contributed by atoms with E-state index in [9.17, 15) is 14.6 Å². The summed E-state index contributed by atoms with van der Waals surface area (Å²) in [6, 6.07) is -0.379. The number of hydrogen-bond donors (Lipinski definition) is 3. The van der Waals surface area contributed by atoms with Crippen molar-refractivity contribution in [3.8, 4) is 0 Å². The number of unbranched alkanes of at least 4 members (excludes halogenated alkanes) is 27. The summed E-state index contributed by atoms with van der Waals surface area (Å²) in [6.45, 7) is 6.06. The van der Waals surface area contributed by atoms with Crippen LogP contribution in [-0.4, -0.2) is 74.1 Å². The number of rotatable bonds is 40. The van der Waals surface area contributed by atoms with Gasteiger partial charge in [-0.05, 0) is 19.4 Å². The van der Waals surface area contributed by atoms with Crippen molar-refractivity contribution >= 4 is 7.82 Å². The van der Waals surface area contributed by atoms with E-state index in [1.165, 1.54) is 167 Å². The third-order valence-electron chi connectivity index (χ3n) is 9.94. The minimum absolute atomic E-state index is 0.0311. The molecule has 0 amide bonds. The lowest BCUT2D eigenvalue weighted by Gasteiger charge is -2.26. The Morgan fingerprint density at radius 1 is 0.551 bits per heavy atom. The SMILES string of the molecule is CCCCCCCCCCCCCCCCCCN[C@H](COP(=O)(O)OCC[N+](C)(C)C)[C@@H](O)CCCCCCCCCCCCCCC. The first-order valence-corrected chi connectivity index (χ1v) is 22.9. The number of nitrogens with one attached hydrogen (secondary N) is 1. The van der Waals surface area contributed by atoms with Crippen molar-refractivity contribution in [2.45, 2.75) is 219 Å². The van der Waals surface area contributed by atoms with Crippen molar-refractivity contribution in [1.82, 2.24) is 5.32 Å². The fourth-order valence-electron chi connectivity index (χ4n) is 6.48. The number of likely N-dealkylation sites (N-methyl/N-ethyl adjacent to an activating group) is 1. The molecule has 0 aliphatic carbocycles. The molecular weight excluding hydrogens is 631 g/mol. The van der Waals surface area contributed by atoms with Crippen LogP contribution >= 0.6 is 7.82 Å². The van der Waals surface area contributed by atoms with Gasteiger partial charge < -0.3 is 19.8 Å². The van der Waals surface area contributed by atoms with Crippen LogP contribution in [0, 0.1) is 0 Å². The molecule has 0 rings (SSSR count). The topological polar surface area (TPSA) is 88.0 Å². The molecule has 7 nitrogen and oxygen atoms in total. The van der Waals surface area contributed by atoms with E-state index in [2.05, 4.69) is 19.2 Å². The maximum atomic E-state index is 12.5. The number of phosphoric ester groups is 1. The van der Waals surface area contributed by atoms with Crippen molar-refractivity contribution in [2.24, 2.45) is 0 Å². The molecule has 296 valence electrons. The second kappa shape index (κ2) is 35.0. The van der Waals surface area contributed by atoms with Crippen molar-refractivity contribution in [3.05, 3.63) is 0 Å². The zero-order valence-electron chi connectivity index (χ0n) is 33.7. The lowest BCUT2D eigenvalue weighted by Crippen LogP contribution is -2.43. The second-order valence-electron chi connectivity index (χ2n) is 16.1. The quantitative estimate of drug-likeness (QED) is 0.0332. The van der Waals surface area contributed by atoms with E-state index in [-0.39, 0.29) is 19.3 Å². The average molecular weight is 720 g/mol. The van der Waals surface area contributed by atoms with E-state index >= 15 is 0 Å². The Balaban J connectivity index is 4.21. The highest BCUT2D eigenvalue weighted by Crippen LogP contribution is 2.43. The van der Waals surface area contributed by atoms with E-state index in [0.717, 1.165) is 25.8 Å². The van der Waals surface area contributed by atoms with E-state index in [4.69, 9.17) is 9.05 Å². The normalized spacial score (nSPS) is 14.7. The number of nitrogens with zero attached hydrogens (tertiary/aromatic N) is 1. The first-order chi connectivity index (χ1) is 23.6. The third kappa shape index (κ3) is 37.6. The van der Waals surface area contributed by atoms with Gasteiger partial charge in [0.2, 0.25) is 0 Å². The van der Waals surface area contributed by atoms with Gasteiger partial charge in [-0.2, -0.15) is 0 Å². The largest absolute Gasteiger partial charge is 0.472 e. The minimum Gasteiger partial charge on any atom is -0.391 e. The molecule has 0 aromatic rings. The molecule has 0 heterocycles. The smallest absolute Gasteiger partial charge is 0.391 e. The van der Waals surface area contributed by atoms with E-state index in [0.29, 0.717) is 17.4 Å². The Morgan fingerprint density at radius 3 is 1.27 bits per heavy atom. The molecule has 0 saturated heterocycles. The fraction of sp³-hybridized carbons (Fsp3) is 1.00. The molecular formula is C41H88N2O5P+. The van der Waals surface area contributed by atoms with Gasteiger partial charge in [-0.3, -0.25) is 9.05 Å². The highest BCUT2D eigenvalue weighted by Gasteiger charge is 2.27. The van der Waals surface area contributed by atoms with Crippen LogP contribution < -0.4 is 5.32 Å². The highest BCUT2D eigenvalue weighted by atomic mass is 31.2. The molecule has 49 heavy (non-hydrogen) atoms. The molecule has 0 aliphatic heterocycles. The van der Waals surface area contributed by atoms with Crippen molar-refractivity contribution < 1.29 is 28.1 Å². The molecule has 3 N–H and O–H groups in total. The van der Waals surface area contributed by atoms with Gasteiger partial charge in [0.05, 0.1) is 39.9 Å². The van der Waals surface area contributed by atoms with Crippen molar-refractivity contribution in [3.63, 3.8) is 0 Å². The molecule has 0 aliphatic rings. The maximum absolute atomic E-state index is 12.5. The van der Waals surface area contributed by atoms with Gasteiger partial charge in [-0.25, -0.2) is 4.57 Å². The molecule has 8 heteroatoms. The van der Waals surface area contributed by atoms with Gasteiger partial charge in [-0.1, -0.05) is 194 Å². The van der Waals surface area contributed by atoms with Crippen LogP contribution in [0.4, 0.5) is 0 Å². The first kappa shape index (κ1) is 49.0. The summed E-state index contributed by atoms with van der Waals surface area (Å²) in [6.07, 6.45) is 38.4. The number of aliphatic hydroxyl groups is 1. The predicted molar refractivity (Wildman–Crippen MR) is 212 cm³/mol. The van der Waals surface area contributed by atoms with Crippen molar-refractivity contribution in [1.29, 1.82) is 0 Å². The molecule has 3 atom stereocenters. The van der Waals surface area contributed by atoms with Gasteiger partial charge in [0.15, 0.2) is 0 Å². The van der Waals surface area contributed by atoms with Crippen LogP contribution in [0.5, 0.6) is 0 Å². The average Bonchev–Trinajstić information content (AvgIpc) is 3.05. The lowest BCUT2D eigenvalue weighted by atomic mass is 10.0. The molecule has 0 aromatic carbocycles. The van der Waals surface area contributed by atoms with E-state index < -0.39 is 13.9 Å². The van der Waals surface area contributed by atoms with Crippen LogP contribution in [-0.2, 0) is 13.6 Å². The highest BCUT2D eigenvalue weighted by molar-refractivity contribution is 7.47. The summed E-state index contributed by atoms with van der Waals surface area (Å²) in [7, 11) is 1.87. The summed E-state index contributed by atoms with van der Waals surface area (Å²) in [5, 5.41) is 14.5. The monoisotopic (exact) mass is 720 g/mol. The Morgan fingerprint density at radius 2 is 0.898 bits per heavy atom. The first-order valence-electron chi connectivity index (χ1n) is 21.4. The van der Waals surface area contributed by atoms with Gasteiger partial charge in [0.25, 0.3) is 0 Å². The Bertz CT molecular complexity index is 720. The van der Waals surface area contributed by atoms with Gasteiger partial charge in [0.1, 0.15) is 13.2 Å². The fourth-order valence-corrected chi connectivity index (χ4v) is 7.22. The summed E-state index contributed by atoms with van der Waals surface area (Å²) >= 11 is 0. The second-order valence-corrected chi connectivity index (χ2v) is 17.5. The van der Waals surface area contributed by atoms with Crippen molar-refractivity contribution in [2.75, 3.05) is 47.4 Å². The van der Waals surface area contributed by atoms with Crippen LogP contribution in [0.15, 0.2) is 0 Å². The summed E-state index contributed by atoms with van der Waals surface area (Å²) in [4.78, 5) is 10.3. The van der Waals surface area contributed by atoms with Gasteiger partial charge in [-0.15, -0.1) is 0 Å². The summed E-state index contributed by atoms with van der Waals surface area (Å²) in [5.74, 6) is 0. The lowest BCUT2D eigenvalue weighted by molar-refractivity contribution is -0.870. The summed E-state index contributed by atoms with van der Waals surface area (Å²) < 4.78 is 23.8. The molecule has 0 saturated carbocycles. The molecule has 0 fully saturated rings. The molecule has 1 unspecified atom stereocenters. The predicted octanol–water partition coefficient (Wildman–Crippen LogP) is 11.9. The Labute approximate surface area is 306 Å². The van der Waals surface area contributed by atoms with E-state index in [1.807, 2.05) is 21.1 Å². The number of quaternary nitrogens is 1. The zero-order valence-corrected chi connectivity index (χ0v) is 34.6. The number of phosphoric acid groups is 1. The van der Waals surface area contributed by atoms with Crippen LogP contribution in [0.1, 0.15) is 206 Å². The van der Waals surface area contributed by atoms with Crippen LogP contribution in [0.25, 0.3) is 0 Å². The Kier molecular flexibility index (Phi) is 35.0. The van der Waals surface area contributed by atoms with E-state index in [1.54, 1.807) is 0 Å². The zero-order chi connectivity index (χ0) is 36.3. The summed E-state index contributed by atoms with van der Waals surface area (Å²) in [5.41, 5.74) is 0. The van der Waals surface area contributed by atoms with Gasteiger partial charge >= 0.3 is 7.82 Å². The maximum Gasteiger partial charge on any atom is 0.472 e. The molecule has 0 aromatic heterocycles. The number of hydrogen-bond acceptors (Lipinski definition) is 5. The minimum atomic E-state index is -4.17. The molecule has 0 bridgehead atoms. The standard InChI is InChI=1S/C41H87N2O5P/c1-6-8-10-12-14-16-18-20-21-22-24-26-28-30-32-34-36-42-40(39-48-49(45,46)47-38-37-43(3,4)5)41(44)35-33-31-29-27-25-23-19-17-15-13-11-9-7-2/h40-42,44H,6-39H2,1-5H3/p+1/t40-,41+/m1/s1.